The monoisotopic (exact) mass is 374 g/mol. The van der Waals surface area contributed by atoms with E-state index >= 15 is 0 Å². The smallest absolute Gasteiger partial charge is 0.307 e. The van der Waals surface area contributed by atoms with Crippen molar-refractivity contribution in [2.24, 2.45) is 0 Å². The number of benzene rings is 2. The Morgan fingerprint density at radius 2 is 1.57 bits per heavy atom. The lowest BCUT2D eigenvalue weighted by atomic mass is 9.89. The molecule has 0 saturated carbocycles. The molecule has 2 aromatic heterocycles. The summed E-state index contributed by atoms with van der Waals surface area (Å²) in [6.45, 7) is -0.0805. The van der Waals surface area contributed by atoms with Crippen LogP contribution in [0.4, 0.5) is 0 Å². The van der Waals surface area contributed by atoms with Crippen LogP contribution in [-0.4, -0.2) is 16.2 Å². The minimum atomic E-state index is -0.338. The van der Waals surface area contributed by atoms with E-state index in [-0.39, 0.29) is 36.7 Å². The Bertz CT molecular complexity index is 972. The second-order valence-corrected chi connectivity index (χ2v) is 6.22. The Morgan fingerprint density at radius 3 is 2.18 bits per heavy atom. The van der Waals surface area contributed by atoms with Crippen LogP contribution in [-0.2, 0) is 16.1 Å². The molecule has 0 saturated heterocycles. The number of furan rings is 1. The maximum atomic E-state index is 12.5. The first-order valence-corrected chi connectivity index (χ1v) is 8.91. The van der Waals surface area contributed by atoms with E-state index in [1.807, 2.05) is 60.7 Å². The highest BCUT2D eigenvalue weighted by Crippen LogP contribution is 2.28. The van der Waals surface area contributed by atoms with Crippen LogP contribution >= 0.6 is 0 Å². The quantitative estimate of drug-likeness (QED) is 0.440. The molecule has 28 heavy (non-hydrogen) atoms. The summed E-state index contributed by atoms with van der Waals surface area (Å²) in [6, 6.07) is 23.3. The van der Waals surface area contributed by atoms with Gasteiger partial charge in [0.2, 0.25) is 0 Å². The predicted octanol–water partition coefficient (Wildman–Crippen LogP) is 4.60. The molecule has 0 N–H and O–H groups in total. The third-order valence-corrected chi connectivity index (χ3v) is 4.33. The minimum Gasteiger partial charge on any atom is -0.459 e. The van der Waals surface area contributed by atoms with Crippen LogP contribution in [0.2, 0.25) is 0 Å². The largest absolute Gasteiger partial charge is 0.459 e. The lowest BCUT2D eigenvalue weighted by Crippen LogP contribution is -2.12. The van der Waals surface area contributed by atoms with Crippen molar-refractivity contribution in [3.63, 3.8) is 0 Å². The first-order chi connectivity index (χ1) is 13.8. The Hall–Kier alpha value is -3.67. The van der Waals surface area contributed by atoms with Crippen molar-refractivity contribution in [2.75, 3.05) is 0 Å². The van der Waals surface area contributed by atoms with Gasteiger partial charge in [-0.25, -0.2) is 0 Å². The van der Waals surface area contributed by atoms with Crippen LogP contribution in [0.1, 0.15) is 29.4 Å². The molecule has 0 radical (unpaired) electrons. The van der Waals surface area contributed by atoms with Crippen molar-refractivity contribution in [1.82, 2.24) is 10.2 Å². The maximum absolute atomic E-state index is 12.5. The van der Waals surface area contributed by atoms with E-state index in [2.05, 4.69) is 10.2 Å². The van der Waals surface area contributed by atoms with Gasteiger partial charge in [-0.15, -0.1) is 10.2 Å². The van der Waals surface area contributed by atoms with Crippen LogP contribution in [0.3, 0.4) is 0 Å². The van der Waals surface area contributed by atoms with Gasteiger partial charge >= 0.3 is 5.97 Å². The molecule has 2 heterocycles. The molecule has 6 heteroatoms. The number of hydrogen-bond donors (Lipinski definition) is 0. The van der Waals surface area contributed by atoms with Gasteiger partial charge in [0.05, 0.1) is 12.7 Å². The van der Waals surface area contributed by atoms with Gasteiger partial charge in [0.1, 0.15) is 0 Å². The fourth-order valence-corrected chi connectivity index (χ4v) is 2.98. The van der Waals surface area contributed by atoms with Gasteiger partial charge in [-0.1, -0.05) is 60.7 Å². The molecule has 0 unspecified atom stereocenters. The maximum Gasteiger partial charge on any atom is 0.307 e. The van der Waals surface area contributed by atoms with Crippen molar-refractivity contribution in [3.05, 3.63) is 96.1 Å². The third kappa shape index (κ3) is 4.17. The molecular weight excluding hydrogens is 356 g/mol. The van der Waals surface area contributed by atoms with E-state index in [9.17, 15) is 4.79 Å². The minimum absolute atomic E-state index is 0.0805. The standard InChI is InChI=1S/C22H18N2O4/c25-21(27-15-20-23-24-22(28-20)19-12-7-13-26-19)14-18(16-8-3-1-4-9-16)17-10-5-2-6-11-17/h1-13,18H,14-15H2. The number of rotatable bonds is 7. The Balaban J connectivity index is 1.42. The average molecular weight is 374 g/mol. The van der Waals surface area contributed by atoms with Crippen LogP contribution in [0.15, 0.2) is 87.9 Å². The molecule has 2 aromatic carbocycles. The summed E-state index contributed by atoms with van der Waals surface area (Å²) in [4.78, 5) is 12.5. The van der Waals surface area contributed by atoms with Gasteiger partial charge < -0.3 is 13.6 Å². The van der Waals surface area contributed by atoms with Crippen LogP contribution in [0.25, 0.3) is 11.7 Å². The number of aromatic nitrogens is 2. The second kappa shape index (κ2) is 8.35. The molecule has 0 aliphatic carbocycles. The lowest BCUT2D eigenvalue weighted by Gasteiger charge is -2.17. The molecule has 0 atom stereocenters. The average Bonchev–Trinajstić information content (AvgIpc) is 3.43. The highest BCUT2D eigenvalue weighted by molar-refractivity contribution is 5.71. The Morgan fingerprint density at radius 1 is 0.893 bits per heavy atom. The molecule has 6 nitrogen and oxygen atoms in total. The van der Waals surface area contributed by atoms with Crippen molar-refractivity contribution in [2.45, 2.75) is 18.9 Å². The van der Waals surface area contributed by atoms with Crippen molar-refractivity contribution in [1.29, 1.82) is 0 Å². The van der Waals surface area contributed by atoms with E-state index in [1.54, 1.807) is 12.1 Å². The lowest BCUT2D eigenvalue weighted by molar-refractivity contribution is -0.145. The fourth-order valence-electron chi connectivity index (χ4n) is 2.98. The number of esters is 1. The highest BCUT2D eigenvalue weighted by atomic mass is 16.5. The summed E-state index contributed by atoms with van der Waals surface area (Å²) in [5.41, 5.74) is 2.12. The summed E-state index contributed by atoms with van der Waals surface area (Å²) in [6.07, 6.45) is 1.74. The van der Waals surface area contributed by atoms with Crippen LogP contribution in [0.5, 0.6) is 0 Å². The normalized spacial score (nSPS) is 10.9. The fraction of sp³-hybridized carbons (Fsp3) is 0.136. The SMILES string of the molecule is O=C(CC(c1ccccc1)c1ccccc1)OCc1nnc(-c2ccco2)o1. The van der Waals surface area contributed by atoms with E-state index in [4.69, 9.17) is 13.6 Å². The van der Waals surface area contributed by atoms with Gasteiger partial charge in [0.25, 0.3) is 11.8 Å². The van der Waals surface area contributed by atoms with Crippen LogP contribution in [0, 0.1) is 0 Å². The number of hydrogen-bond acceptors (Lipinski definition) is 6. The Labute approximate surface area is 161 Å². The van der Waals surface area contributed by atoms with Gasteiger partial charge in [0, 0.05) is 5.92 Å². The number of carbonyl (C=O) groups is 1. The van der Waals surface area contributed by atoms with E-state index in [1.165, 1.54) is 6.26 Å². The zero-order valence-electron chi connectivity index (χ0n) is 15.0. The summed E-state index contributed by atoms with van der Waals surface area (Å²) < 4.78 is 16.0. The van der Waals surface area contributed by atoms with E-state index < -0.39 is 0 Å². The van der Waals surface area contributed by atoms with Crippen molar-refractivity contribution < 1.29 is 18.4 Å². The highest BCUT2D eigenvalue weighted by Gasteiger charge is 2.20. The zero-order chi connectivity index (χ0) is 19.2. The zero-order valence-corrected chi connectivity index (χ0v) is 15.0. The summed E-state index contributed by atoms with van der Waals surface area (Å²) in [7, 11) is 0. The summed E-state index contributed by atoms with van der Waals surface area (Å²) in [5, 5.41) is 7.78. The van der Waals surface area contributed by atoms with E-state index in [0.29, 0.717) is 5.76 Å². The van der Waals surface area contributed by atoms with Crippen molar-refractivity contribution >= 4 is 5.97 Å². The first kappa shape index (κ1) is 17.7. The van der Waals surface area contributed by atoms with Crippen molar-refractivity contribution in [3.8, 4) is 11.7 Å². The molecule has 0 amide bonds. The number of ether oxygens (including phenoxy) is 1. The molecule has 0 fully saturated rings. The van der Waals surface area contributed by atoms with Gasteiger partial charge in [-0.3, -0.25) is 4.79 Å². The van der Waals surface area contributed by atoms with Gasteiger partial charge in [-0.05, 0) is 23.3 Å². The van der Waals surface area contributed by atoms with Gasteiger partial charge in [-0.2, -0.15) is 0 Å². The van der Waals surface area contributed by atoms with E-state index in [0.717, 1.165) is 11.1 Å². The van der Waals surface area contributed by atoms with Crippen LogP contribution < -0.4 is 0 Å². The Kier molecular flexibility index (Phi) is 5.29. The molecule has 4 aromatic rings. The van der Waals surface area contributed by atoms with Gasteiger partial charge in [0.15, 0.2) is 12.4 Å². The molecule has 0 aliphatic heterocycles. The second-order valence-electron chi connectivity index (χ2n) is 6.22. The molecular formula is C22H18N2O4. The number of carbonyl (C=O) groups excluding carboxylic acids is 1. The number of nitrogens with zero attached hydrogens (tertiary/aromatic N) is 2. The molecule has 0 spiro atoms. The first-order valence-electron chi connectivity index (χ1n) is 8.91. The molecule has 140 valence electrons. The third-order valence-electron chi connectivity index (χ3n) is 4.33. The predicted molar refractivity (Wildman–Crippen MR) is 101 cm³/mol. The molecule has 0 aliphatic rings. The molecule has 0 bridgehead atoms. The summed E-state index contributed by atoms with van der Waals surface area (Å²) >= 11 is 0. The summed E-state index contributed by atoms with van der Waals surface area (Å²) in [5.74, 6) is 0.517. The molecule has 4 rings (SSSR count). The topological polar surface area (TPSA) is 78.4 Å².